The van der Waals surface area contributed by atoms with Crippen LogP contribution in [-0.2, 0) is 17.8 Å². The molecule has 26 heavy (non-hydrogen) atoms. The number of fused-ring (bicyclic) bond motifs is 1. The first kappa shape index (κ1) is 16.1. The Morgan fingerprint density at radius 1 is 1.15 bits per heavy atom. The molecule has 2 aromatic carbocycles. The van der Waals surface area contributed by atoms with Crippen molar-refractivity contribution in [3.63, 3.8) is 0 Å². The molecule has 0 saturated heterocycles. The summed E-state index contributed by atoms with van der Waals surface area (Å²) < 4.78 is 1.91. The highest BCUT2D eigenvalue weighted by atomic mass is 16.2. The Morgan fingerprint density at radius 2 is 2.00 bits per heavy atom. The third-order valence-electron chi connectivity index (χ3n) is 4.77. The smallest absolute Gasteiger partial charge is 0.250 e. The summed E-state index contributed by atoms with van der Waals surface area (Å²) >= 11 is 0. The third kappa shape index (κ3) is 2.98. The second kappa shape index (κ2) is 6.85. The van der Waals surface area contributed by atoms with Gasteiger partial charge in [0.05, 0.1) is 30.2 Å². The molecule has 2 heterocycles. The fourth-order valence-electron chi connectivity index (χ4n) is 3.43. The first-order chi connectivity index (χ1) is 12.8. The quantitative estimate of drug-likeness (QED) is 0.732. The molecule has 0 spiro atoms. The number of amides is 1. The number of carbonyl (C=O) groups is 1. The Balaban J connectivity index is 1.63. The first-order valence-electron chi connectivity index (χ1n) is 8.60. The number of imidazole rings is 1. The van der Waals surface area contributed by atoms with E-state index in [1.165, 1.54) is 5.56 Å². The fraction of sp³-hybridized carbons (Fsp3) is 0.190. The zero-order chi connectivity index (χ0) is 17.9. The highest BCUT2D eigenvalue weighted by Gasteiger charge is 2.33. The second-order valence-corrected chi connectivity index (χ2v) is 6.43. The third-order valence-corrected chi connectivity index (χ3v) is 4.77. The van der Waals surface area contributed by atoms with Crippen LogP contribution >= 0.6 is 0 Å². The van der Waals surface area contributed by atoms with Crippen molar-refractivity contribution < 1.29 is 4.79 Å². The van der Waals surface area contributed by atoms with E-state index >= 15 is 0 Å². The van der Waals surface area contributed by atoms with Gasteiger partial charge in [0.25, 0.3) is 5.91 Å². The average molecular weight is 342 g/mol. The van der Waals surface area contributed by atoms with Crippen molar-refractivity contribution >= 4 is 5.91 Å². The molecule has 4 rings (SSSR count). The van der Waals surface area contributed by atoms with Gasteiger partial charge in [-0.15, -0.1) is 0 Å². The molecule has 0 fully saturated rings. The highest BCUT2D eigenvalue weighted by molar-refractivity contribution is 5.85. The molecule has 0 aliphatic carbocycles. The van der Waals surface area contributed by atoms with Gasteiger partial charge in [-0.25, -0.2) is 4.98 Å². The lowest BCUT2D eigenvalue weighted by Gasteiger charge is -2.34. The van der Waals surface area contributed by atoms with E-state index in [9.17, 15) is 10.1 Å². The fourth-order valence-corrected chi connectivity index (χ4v) is 3.43. The van der Waals surface area contributed by atoms with Crippen LogP contribution in [0.25, 0.3) is 0 Å². The van der Waals surface area contributed by atoms with Crippen LogP contribution in [0.1, 0.15) is 28.4 Å². The predicted molar refractivity (Wildman–Crippen MR) is 97.1 cm³/mol. The van der Waals surface area contributed by atoms with Gasteiger partial charge in [-0.2, -0.15) is 5.26 Å². The zero-order valence-corrected chi connectivity index (χ0v) is 14.2. The summed E-state index contributed by atoms with van der Waals surface area (Å²) in [5.41, 5.74) is 3.59. The molecule has 1 aliphatic rings. The maximum atomic E-state index is 13.2. The number of hydrogen-bond donors (Lipinski definition) is 0. The summed E-state index contributed by atoms with van der Waals surface area (Å²) in [7, 11) is 0. The van der Waals surface area contributed by atoms with E-state index in [2.05, 4.69) is 23.2 Å². The average Bonchev–Trinajstić information content (AvgIpc) is 3.15. The molecule has 0 N–H and O–H groups in total. The van der Waals surface area contributed by atoms with Crippen LogP contribution in [0, 0.1) is 11.3 Å². The SMILES string of the molecule is N#Cc1cccc(C2C(=O)N(CCc3ccccc3)Cc3cncn32)c1. The minimum atomic E-state index is -0.467. The summed E-state index contributed by atoms with van der Waals surface area (Å²) in [4.78, 5) is 19.3. The molecule has 5 heteroatoms. The van der Waals surface area contributed by atoms with Gasteiger partial charge < -0.3 is 9.47 Å². The van der Waals surface area contributed by atoms with Gasteiger partial charge in [0, 0.05) is 12.7 Å². The summed E-state index contributed by atoms with van der Waals surface area (Å²) in [5.74, 6) is 0.0431. The summed E-state index contributed by atoms with van der Waals surface area (Å²) in [6.07, 6.45) is 4.32. The van der Waals surface area contributed by atoms with Crippen LogP contribution in [0.2, 0.25) is 0 Å². The summed E-state index contributed by atoms with van der Waals surface area (Å²) in [5, 5.41) is 9.18. The lowest BCUT2D eigenvalue weighted by atomic mass is 10.0. The van der Waals surface area contributed by atoms with Crippen molar-refractivity contribution in [3.05, 3.63) is 89.5 Å². The monoisotopic (exact) mass is 342 g/mol. The van der Waals surface area contributed by atoms with E-state index in [1.807, 2.05) is 46.0 Å². The molecule has 128 valence electrons. The molecule has 5 nitrogen and oxygen atoms in total. The van der Waals surface area contributed by atoms with Crippen molar-refractivity contribution in [2.24, 2.45) is 0 Å². The minimum Gasteiger partial charge on any atom is -0.334 e. The van der Waals surface area contributed by atoms with Gasteiger partial charge in [0.2, 0.25) is 0 Å². The van der Waals surface area contributed by atoms with E-state index < -0.39 is 6.04 Å². The Morgan fingerprint density at radius 3 is 2.81 bits per heavy atom. The number of benzene rings is 2. The number of nitriles is 1. The topological polar surface area (TPSA) is 61.9 Å². The molecule has 0 saturated carbocycles. The molecule has 0 radical (unpaired) electrons. The van der Waals surface area contributed by atoms with Crippen LogP contribution < -0.4 is 0 Å². The van der Waals surface area contributed by atoms with E-state index in [0.717, 1.165) is 17.7 Å². The van der Waals surface area contributed by atoms with Crippen molar-refractivity contribution in [2.45, 2.75) is 19.0 Å². The summed E-state index contributed by atoms with van der Waals surface area (Å²) in [6.45, 7) is 1.21. The van der Waals surface area contributed by atoms with Gasteiger partial charge in [-0.1, -0.05) is 42.5 Å². The number of carbonyl (C=O) groups excluding carboxylic acids is 1. The van der Waals surface area contributed by atoms with Gasteiger partial charge in [0.1, 0.15) is 6.04 Å². The molecule has 0 bridgehead atoms. The van der Waals surface area contributed by atoms with Crippen molar-refractivity contribution in [3.8, 4) is 6.07 Å². The number of nitrogens with zero attached hydrogens (tertiary/aromatic N) is 4. The molecule has 1 amide bonds. The highest BCUT2D eigenvalue weighted by Crippen LogP contribution is 2.29. The van der Waals surface area contributed by atoms with E-state index in [-0.39, 0.29) is 5.91 Å². The lowest BCUT2D eigenvalue weighted by molar-refractivity contribution is -0.136. The van der Waals surface area contributed by atoms with Crippen molar-refractivity contribution in [2.75, 3.05) is 6.54 Å². The van der Waals surface area contributed by atoms with E-state index in [0.29, 0.717) is 18.7 Å². The number of rotatable bonds is 4. The van der Waals surface area contributed by atoms with Gasteiger partial charge in [-0.3, -0.25) is 4.79 Å². The molecular formula is C21H18N4O. The lowest BCUT2D eigenvalue weighted by Crippen LogP contribution is -2.43. The van der Waals surface area contributed by atoms with Gasteiger partial charge >= 0.3 is 0 Å². The largest absolute Gasteiger partial charge is 0.334 e. The van der Waals surface area contributed by atoms with Crippen LogP contribution in [0.4, 0.5) is 0 Å². The normalized spacial score (nSPS) is 16.2. The van der Waals surface area contributed by atoms with E-state index in [4.69, 9.17) is 0 Å². The maximum Gasteiger partial charge on any atom is 0.250 e. The van der Waals surface area contributed by atoms with Gasteiger partial charge in [0.15, 0.2) is 0 Å². The molecule has 1 atom stereocenters. The number of hydrogen-bond acceptors (Lipinski definition) is 3. The molecule has 1 unspecified atom stereocenters. The van der Waals surface area contributed by atoms with Crippen molar-refractivity contribution in [1.82, 2.24) is 14.5 Å². The second-order valence-electron chi connectivity index (χ2n) is 6.43. The Labute approximate surface area is 152 Å². The minimum absolute atomic E-state index is 0.0431. The van der Waals surface area contributed by atoms with Crippen LogP contribution in [0.3, 0.4) is 0 Å². The Bertz CT molecular complexity index is 971. The first-order valence-corrected chi connectivity index (χ1v) is 8.60. The van der Waals surface area contributed by atoms with Crippen LogP contribution in [0.15, 0.2) is 67.1 Å². The Kier molecular flexibility index (Phi) is 4.24. The van der Waals surface area contributed by atoms with Crippen molar-refractivity contribution in [1.29, 1.82) is 5.26 Å². The number of aromatic nitrogens is 2. The van der Waals surface area contributed by atoms with Gasteiger partial charge in [-0.05, 0) is 29.7 Å². The molecule has 1 aliphatic heterocycles. The molecule has 3 aromatic rings. The van der Waals surface area contributed by atoms with Crippen LogP contribution in [-0.4, -0.2) is 26.9 Å². The molecule has 1 aromatic heterocycles. The zero-order valence-electron chi connectivity index (χ0n) is 14.2. The molecular weight excluding hydrogens is 324 g/mol. The predicted octanol–water partition coefficient (Wildman–Crippen LogP) is 2.93. The Hall–Kier alpha value is -3.39. The standard InChI is InChI=1S/C21H18N4O/c22-12-17-7-4-8-18(11-17)20-21(26)24(14-19-13-23-15-25(19)20)10-9-16-5-2-1-3-6-16/h1-8,11,13,15,20H,9-10,14H2. The van der Waals surface area contributed by atoms with Crippen LogP contribution in [0.5, 0.6) is 0 Å². The van der Waals surface area contributed by atoms with E-state index in [1.54, 1.807) is 18.5 Å². The summed E-state index contributed by atoms with van der Waals surface area (Å²) in [6, 6.07) is 19.1. The maximum absolute atomic E-state index is 13.2.